The minimum Gasteiger partial charge on any atom is -0.465 e. The van der Waals surface area contributed by atoms with Crippen molar-refractivity contribution in [2.45, 2.75) is 0 Å². The van der Waals surface area contributed by atoms with Crippen LogP contribution in [0.15, 0.2) is 63.8 Å². The van der Waals surface area contributed by atoms with Gasteiger partial charge in [-0.05, 0) is 31.3 Å². The molecule has 0 amide bonds. The Kier molecular flexibility index (Phi) is 7.28. The first-order chi connectivity index (χ1) is 18.0. The number of nitrogens with one attached hydrogen (secondary N) is 3. The number of fused-ring (bicyclic) bond motifs is 1. The molecule has 0 bridgehead atoms. The van der Waals surface area contributed by atoms with Crippen molar-refractivity contribution in [2.24, 2.45) is 9.98 Å². The van der Waals surface area contributed by atoms with Crippen LogP contribution in [0.5, 0.6) is 5.75 Å². The Morgan fingerprint density at radius 2 is 2.11 bits per heavy atom. The molecule has 3 N–H and O–H groups in total. The first-order valence-corrected chi connectivity index (χ1v) is 12.5. The number of thiophene rings is 1. The van der Waals surface area contributed by atoms with Crippen molar-refractivity contribution in [1.29, 1.82) is 0 Å². The normalized spacial score (nSPS) is 15.4. The minimum atomic E-state index is -0.797. The summed E-state index contributed by atoms with van der Waals surface area (Å²) in [7, 11) is 2.05. The van der Waals surface area contributed by atoms with Crippen LogP contribution in [-0.2, 0) is 0 Å². The molecule has 0 saturated carbocycles. The molecule has 0 aliphatic carbocycles. The number of anilines is 1. The number of amidine groups is 1. The number of piperazine rings is 1. The number of hydrogen-bond donors (Lipinski definition) is 3. The van der Waals surface area contributed by atoms with Gasteiger partial charge in [0.05, 0.1) is 16.1 Å². The number of likely N-dealkylation sites (N-methyl/N-ethyl adjacent to an activating group) is 1. The average Bonchev–Trinajstić information content (AvgIpc) is 3.67. The summed E-state index contributed by atoms with van der Waals surface area (Å²) in [5.41, 5.74) is 1.24. The smallest absolute Gasteiger partial charge is 0.194 e. The van der Waals surface area contributed by atoms with Crippen LogP contribution >= 0.6 is 11.3 Å². The van der Waals surface area contributed by atoms with E-state index < -0.39 is 17.4 Å². The lowest BCUT2D eigenvalue weighted by Gasteiger charge is -2.33. The standard InChI is InChI=1S/C25H26F2N8OS/c1-28-21(31-22-13-19(32-33-22)20-4-3-11-37-20)14-23(35-9-7-34(2)8-10-35)30-15-36-25-17(26)12-18-16(24(25)27)5-6-29-18/h3-6,11-14,29H,1,7-10,15H2,2H3,(H2,31,32,33)/b21-14+,30-23+. The van der Waals surface area contributed by atoms with E-state index in [9.17, 15) is 8.78 Å². The maximum atomic E-state index is 14.8. The van der Waals surface area contributed by atoms with Crippen molar-refractivity contribution in [2.75, 3.05) is 45.3 Å². The van der Waals surface area contributed by atoms with Crippen molar-refractivity contribution in [3.63, 3.8) is 0 Å². The van der Waals surface area contributed by atoms with Crippen LogP contribution in [0, 0.1) is 11.6 Å². The van der Waals surface area contributed by atoms with Crippen LogP contribution in [-0.4, -0.2) is 77.5 Å². The Balaban J connectivity index is 1.37. The number of H-pyrrole nitrogens is 2. The van der Waals surface area contributed by atoms with E-state index in [4.69, 9.17) is 4.74 Å². The molecule has 0 atom stereocenters. The largest absolute Gasteiger partial charge is 0.465 e. The van der Waals surface area contributed by atoms with Crippen molar-refractivity contribution >= 4 is 40.6 Å². The summed E-state index contributed by atoms with van der Waals surface area (Å²) in [5.74, 6) is -0.475. The van der Waals surface area contributed by atoms with Gasteiger partial charge in [-0.25, -0.2) is 18.8 Å². The van der Waals surface area contributed by atoms with Crippen LogP contribution in [0.4, 0.5) is 14.6 Å². The molecular weight excluding hydrogens is 498 g/mol. The summed E-state index contributed by atoms with van der Waals surface area (Å²) in [6.07, 6.45) is 3.27. The van der Waals surface area contributed by atoms with Crippen LogP contribution in [0.3, 0.4) is 0 Å². The van der Waals surface area contributed by atoms with E-state index in [0.29, 0.717) is 23.0 Å². The van der Waals surface area contributed by atoms with Crippen molar-refractivity contribution in [3.8, 4) is 16.3 Å². The molecule has 4 aromatic rings. The predicted molar refractivity (Wildman–Crippen MR) is 143 cm³/mol. The van der Waals surface area contributed by atoms with Gasteiger partial charge in [0, 0.05) is 56.0 Å². The lowest BCUT2D eigenvalue weighted by Crippen LogP contribution is -2.47. The van der Waals surface area contributed by atoms with Gasteiger partial charge in [-0.2, -0.15) is 5.10 Å². The van der Waals surface area contributed by atoms with E-state index in [1.807, 2.05) is 23.6 Å². The fourth-order valence-corrected chi connectivity index (χ4v) is 4.69. The second kappa shape index (κ2) is 10.9. The molecule has 1 aliphatic heterocycles. The average molecular weight is 525 g/mol. The van der Waals surface area contributed by atoms with Gasteiger partial charge in [0.2, 0.25) is 0 Å². The maximum Gasteiger partial charge on any atom is 0.194 e. The number of hydrogen-bond acceptors (Lipinski definition) is 7. The van der Waals surface area contributed by atoms with Gasteiger partial charge in [-0.15, -0.1) is 11.3 Å². The highest BCUT2D eigenvalue weighted by Crippen LogP contribution is 2.29. The predicted octanol–water partition coefficient (Wildman–Crippen LogP) is 4.53. The zero-order valence-electron chi connectivity index (χ0n) is 20.2. The summed E-state index contributed by atoms with van der Waals surface area (Å²) >= 11 is 1.61. The Morgan fingerprint density at radius 3 is 2.86 bits per heavy atom. The molecule has 4 heterocycles. The van der Waals surface area contributed by atoms with Gasteiger partial charge >= 0.3 is 0 Å². The zero-order chi connectivity index (χ0) is 25.8. The summed E-state index contributed by atoms with van der Waals surface area (Å²) < 4.78 is 34.7. The van der Waals surface area contributed by atoms with E-state index in [2.05, 4.69) is 54.0 Å². The number of ether oxygens (including phenoxy) is 1. The third kappa shape index (κ3) is 5.54. The quantitative estimate of drug-likeness (QED) is 0.232. The molecular formula is C25H26F2N8OS. The molecule has 9 nitrogen and oxygen atoms in total. The Morgan fingerprint density at radius 1 is 1.27 bits per heavy atom. The molecule has 192 valence electrons. The van der Waals surface area contributed by atoms with E-state index in [1.165, 1.54) is 12.1 Å². The second-order valence-corrected chi connectivity index (χ2v) is 9.43. The highest BCUT2D eigenvalue weighted by molar-refractivity contribution is 7.13. The van der Waals surface area contributed by atoms with E-state index in [1.54, 1.807) is 23.6 Å². The van der Waals surface area contributed by atoms with Crippen LogP contribution in [0.25, 0.3) is 21.5 Å². The lowest BCUT2D eigenvalue weighted by atomic mass is 10.2. The molecule has 1 aliphatic rings. The fraction of sp³-hybridized carbons (Fsp3) is 0.240. The molecule has 1 fully saturated rings. The first-order valence-electron chi connectivity index (χ1n) is 11.6. The molecule has 3 aromatic heterocycles. The lowest BCUT2D eigenvalue weighted by molar-refractivity contribution is 0.214. The summed E-state index contributed by atoms with van der Waals surface area (Å²) in [5, 5.41) is 12.7. The van der Waals surface area contributed by atoms with Crippen molar-refractivity contribution < 1.29 is 13.5 Å². The van der Waals surface area contributed by atoms with Gasteiger partial charge in [0.15, 0.2) is 29.9 Å². The fourth-order valence-electron chi connectivity index (χ4n) is 4.00. The number of halogens is 2. The van der Waals surface area contributed by atoms with Gasteiger partial charge < -0.3 is 24.8 Å². The molecule has 0 unspecified atom stereocenters. The number of nitrogens with zero attached hydrogens (tertiary/aromatic N) is 5. The summed E-state index contributed by atoms with van der Waals surface area (Å²) in [6.45, 7) is 6.51. The topological polar surface area (TPSA) is 96.9 Å². The van der Waals surface area contributed by atoms with Crippen molar-refractivity contribution in [3.05, 3.63) is 65.4 Å². The van der Waals surface area contributed by atoms with Crippen LogP contribution < -0.4 is 10.1 Å². The third-order valence-corrected chi connectivity index (χ3v) is 6.93. The van der Waals surface area contributed by atoms with Crippen LogP contribution in [0.2, 0.25) is 0 Å². The molecule has 0 radical (unpaired) electrons. The molecule has 5 rings (SSSR count). The molecule has 1 saturated heterocycles. The highest BCUT2D eigenvalue weighted by atomic mass is 32.1. The molecule has 1 aromatic carbocycles. The van der Waals surface area contributed by atoms with E-state index in [0.717, 1.165) is 36.8 Å². The second-order valence-electron chi connectivity index (χ2n) is 8.48. The van der Waals surface area contributed by atoms with E-state index in [-0.39, 0.29) is 12.1 Å². The highest BCUT2D eigenvalue weighted by Gasteiger charge is 2.19. The Bertz CT molecular complexity index is 1430. The summed E-state index contributed by atoms with van der Waals surface area (Å²) in [6, 6.07) is 8.59. The van der Waals surface area contributed by atoms with Crippen LogP contribution in [0.1, 0.15) is 0 Å². The SMILES string of the molecule is C=N/C(=C\C(=N/COc1c(F)cc2[nH]ccc2c1F)N1CCN(C)CC1)Nc1cc(-c2cccs2)[nH]n1. The molecule has 12 heteroatoms. The van der Waals surface area contributed by atoms with Gasteiger partial charge in [-0.1, -0.05) is 6.07 Å². The van der Waals surface area contributed by atoms with Crippen molar-refractivity contribution in [1.82, 2.24) is 25.0 Å². The number of rotatable bonds is 8. The number of aliphatic imine (C=N–C) groups is 2. The number of benzene rings is 1. The summed E-state index contributed by atoms with van der Waals surface area (Å²) in [4.78, 5) is 16.8. The Hall–Kier alpha value is -4.03. The van der Waals surface area contributed by atoms with Gasteiger partial charge in [-0.3, -0.25) is 5.10 Å². The zero-order valence-corrected chi connectivity index (χ0v) is 21.0. The number of aromatic nitrogens is 3. The minimum absolute atomic E-state index is 0.253. The van der Waals surface area contributed by atoms with Gasteiger partial charge in [0.25, 0.3) is 0 Å². The number of aromatic amines is 2. The Labute approximate surface area is 216 Å². The molecule has 0 spiro atoms. The first kappa shape index (κ1) is 24.7. The van der Waals surface area contributed by atoms with Gasteiger partial charge in [0.1, 0.15) is 11.7 Å². The third-order valence-electron chi connectivity index (χ3n) is 6.02. The van der Waals surface area contributed by atoms with E-state index >= 15 is 0 Å². The maximum absolute atomic E-state index is 14.8. The monoisotopic (exact) mass is 524 g/mol. The molecule has 37 heavy (non-hydrogen) atoms.